The SMILES string of the molecule is Cc1ccc(C)c(C(=O)N2CCCN(Cc3nc(-c4cccc(F)c4)no3)CC2)c1. The summed E-state index contributed by atoms with van der Waals surface area (Å²) in [6.07, 6.45) is 0.876. The Bertz CT molecular complexity index is 1050. The maximum Gasteiger partial charge on any atom is 0.254 e. The minimum absolute atomic E-state index is 0.0873. The topological polar surface area (TPSA) is 62.5 Å². The Morgan fingerprint density at radius 1 is 1.10 bits per heavy atom. The van der Waals surface area contributed by atoms with E-state index in [1.807, 2.05) is 36.9 Å². The maximum absolute atomic E-state index is 13.4. The normalized spacial score (nSPS) is 15.2. The number of hydrogen-bond donors (Lipinski definition) is 0. The van der Waals surface area contributed by atoms with Gasteiger partial charge in [0.05, 0.1) is 6.54 Å². The van der Waals surface area contributed by atoms with Crippen molar-refractivity contribution >= 4 is 5.91 Å². The predicted molar refractivity (Wildman–Crippen MR) is 111 cm³/mol. The quantitative estimate of drug-likeness (QED) is 0.656. The van der Waals surface area contributed by atoms with Crippen molar-refractivity contribution in [2.24, 2.45) is 0 Å². The molecule has 3 aromatic rings. The summed E-state index contributed by atoms with van der Waals surface area (Å²) >= 11 is 0. The Balaban J connectivity index is 1.39. The molecule has 2 aromatic carbocycles. The molecule has 30 heavy (non-hydrogen) atoms. The third-order valence-corrected chi connectivity index (χ3v) is 5.41. The van der Waals surface area contributed by atoms with Gasteiger partial charge in [-0.2, -0.15) is 4.98 Å². The van der Waals surface area contributed by atoms with Crippen LogP contribution in [0.4, 0.5) is 4.39 Å². The van der Waals surface area contributed by atoms with Gasteiger partial charge in [-0.25, -0.2) is 4.39 Å². The molecule has 0 N–H and O–H groups in total. The molecule has 0 unspecified atom stereocenters. The van der Waals surface area contributed by atoms with Crippen LogP contribution in [-0.2, 0) is 6.54 Å². The van der Waals surface area contributed by atoms with Crippen molar-refractivity contribution < 1.29 is 13.7 Å². The van der Waals surface area contributed by atoms with Gasteiger partial charge in [0.25, 0.3) is 5.91 Å². The number of nitrogens with zero attached hydrogens (tertiary/aromatic N) is 4. The van der Waals surface area contributed by atoms with Gasteiger partial charge in [0.15, 0.2) is 0 Å². The zero-order chi connectivity index (χ0) is 21.1. The van der Waals surface area contributed by atoms with E-state index in [2.05, 4.69) is 15.0 Å². The number of halogens is 1. The Kier molecular flexibility index (Phi) is 5.90. The highest BCUT2D eigenvalue weighted by atomic mass is 19.1. The van der Waals surface area contributed by atoms with Gasteiger partial charge in [-0.3, -0.25) is 9.69 Å². The van der Waals surface area contributed by atoms with Crippen molar-refractivity contribution in [1.82, 2.24) is 19.9 Å². The third kappa shape index (κ3) is 4.57. The minimum Gasteiger partial charge on any atom is -0.338 e. The molecule has 0 atom stereocenters. The first-order chi connectivity index (χ1) is 14.5. The minimum atomic E-state index is -0.333. The molecular formula is C23H25FN4O2. The van der Waals surface area contributed by atoms with E-state index >= 15 is 0 Å². The maximum atomic E-state index is 13.4. The largest absolute Gasteiger partial charge is 0.338 e. The second-order valence-electron chi connectivity index (χ2n) is 7.76. The standard InChI is InChI=1S/C23H25FN4O2/c1-16-7-8-17(2)20(13-16)23(29)28-10-4-9-27(11-12-28)15-21-25-22(26-30-21)18-5-3-6-19(24)14-18/h3,5-8,13-14H,4,9-12,15H2,1-2H3. The molecule has 0 aliphatic carbocycles. The summed E-state index contributed by atoms with van der Waals surface area (Å²) in [5, 5.41) is 3.97. The summed E-state index contributed by atoms with van der Waals surface area (Å²) in [6, 6.07) is 12.1. The van der Waals surface area contributed by atoms with Gasteiger partial charge in [0.2, 0.25) is 11.7 Å². The van der Waals surface area contributed by atoms with Crippen LogP contribution in [0.1, 0.15) is 33.8 Å². The van der Waals surface area contributed by atoms with Crippen LogP contribution in [-0.4, -0.2) is 52.0 Å². The molecule has 156 valence electrons. The lowest BCUT2D eigenvalue weighted by Crippen LogP contribution is -2.35. The predicted octanol–water partition coefficient (Wildman–Crippen LogP) is 3.84. The van der Waals surface area contributed by atoms with Crippen LogP contribution in [0.3, 0.4) is 0 Å². The Labute approximate surface area is 175 Å². The summed E-state index contributed by atoms with van der Waals surface area (Å²) < 4.78 is 18.8. The number of carbonyl (C=O) groups excluding carboxylic acids is 1. The van der Waals surface area contributed by atoms with Crippen molar-refractivity contribution in [1.29, 1.82) is 0 Å². The van der Waals surface area contributed by atoms with Crippen LogP contribution in [0.2, 0.25) is 0 Å². The van der Waals surface area contributed by atoms with E-state index in [-0.39, 0.29) is 11.7 Å². The van der Waals surface area contributed by atoms with Crippen LogP contribution in [0, 0.1) is 19.7 Å². The molecule has 0 bridgehead atoms. The van der Waals surface area contributed by atoms with Gasteiger partial charge in [-0.15, -0.1) is 0 Å². The highest BCUT2D eigenvalue weighted by Gasteiger charge is 2.23. The van der Waals surface area contributed by atoms with E-state index in [0.29, 0.717) is 30.4 Å². The number of aryl methyl sites for hydroxylation is 2. The highest BCUT2D eigenvalue weighted by Crippen LogP contribution is 2.19. The summed E-state index contributed by atoms with van der Waals surface area (Å²) in [5.41, 5.74) is 3.46. The molecule has 1 fully saturated rings. The molecule has 1 aliphatic heterocycles. The van der Waals surface area contributed by atoms with Crippen molar-refractivity contribution in [2.75, 3.05) is 26.2 Å². The zero-order valence-electron chi connectivity index (χ0n) is 17.3. The first-order valence-corrected chi connectivity index (χ1v) is 10.2. The first-order valence-electron chi connectivity index (χ1n) is 10.2. The van der Waals surface area contributed by atoms with E-state index in [9.17, 15) is 9.18 Å². The Hall–Kier alpha value is -3.06. The summed E-state index contributed by atoms with van der Waals surface area (Å²) in [7, 11) is 0. The number of carbonyl (C=O) groups is 1. The number of aromatic nitrogens is 2. The van der Waals surface area contributed by atoms with Gasteiger partial charge in [0.1, 0.15) is 5.82 Å². The molecule has 4 rings (SSSR count). The number of amides is 1. The van der Waals surface area contributed by atoms with Crippen LogP contribution in [0.15, 0.2) is 47.0 Å². The van der Waals surface area contributed by atoms with E-state index in [1.54, 1.807) is 12.1 Å². The van der Waals surface area contributed by atoms with E-state index in [0.717, 1.165) is 42.7 Å². The molecule has 1 saturated heterocycles. The molecule has 2 heterocycles. The number of benzene rings is 2. The van der Waals surface area contributed by atoms with Gasteiger partial charge in [-0.1, -0.05) is 35.0 Å². The lowest BCUT2D eigenvalue weighted by molar-refractivity contribution is 0.0759. The molecule has 0 radical (unpaired) electrons. The fourth-order valence-electron chi connectivity index (χ4n) is 3.72. The van der Waals surface area contributed by atoms with Crippen molar-refractivity contribution in [3.8, 4) is 11.4 Å². The van der Waals surface area contributed by atoms with Crippen LogP contribution < -0.4 is 0 Å². The Morgan fingerprint density at radius 2 is 1.97 bits per heavy atom. The fourth-order valence-corrected chi connectivity index (χ4v) is 3.72. The zero-order valence-corrected chi connectivity index (χ0v) is 17.3. The number of rotatable bonds is 4. The Morgan fingerprint density at radius 3 is 2.80 bits per heavy atom. The summed E-state index contributed by atoms with van der Waals surface area (Å²) in [6.45, 7) is 7.43. The fraction of sp³-hybridized carbons (Fsp3) is 0.348. The van der Waals surface area contributed by atoms with Crippen LogP contribution in [0.25, 0.3) is 11.4 Å². The average molecular weight is 408 g/mol. The number of hydrogen-bond acceptors (Lipinski definition) is 5. The van der Waals surface area contributed by atoms with E-state index in [1.165, 1.54) is 12.1 Å². The van der Waals surface area contributed by atoms with Crippen molar-refractivity contribution in [3.05, 3.63) is 70.9 Å². The van der Waals surface area contributed by atoms with Crippen molar-refractivity contribution in [3.63, 3.8) is 0 Å². The molecule has 0 saturated carbocycles. The molecule has 1 aliphatic rings. The van der Waals surface area contributed by atoms with Crippen LogP contribution in [0.5, 0.6) is 0 Å². The molecule has 1 amide bonds. The van der Waals surface area contributed by atoms with Gasteiger partial charge in [-0.05, 0) is 44.0 Å². The lowest BCUT2D eigenvalue weighted by atomic mass is 10.0. The molecule has 7 heteroatoms. The smallest absolute Gasteiger partial charge is 0.254 e. The highest BCUT2D eigenvalue weighted by molar-refractivity contribution is 5.95. The third-order valence-electron chi connectivity index (χ3n) is 5.41. The second-order valence-corrected chi connectivity index (χ2v) is 7.76. The van der Waals surface area contributed by atoms with Crippen molar-refractivity contribution in [2.45, 2.75) is 26.8 Å². The summed E-state index contributed by atoms with van der Waals surface area (Å²) in [4.78, 5) is 21.5. The molecular weight excluding hydrogens is 383 g/mol. The average Bonchev–Trinajstić information content (AvgIpc) is 3.07. The van der Waals surface area contributed by atoms with Gasteiger partial charge >= 0.3 is 0 Å². The van der Waals surface area contributed by atoms with Gasteiger partial charge < -0.3 is 9.42 Å². The van der Waals surface area contributed by atoms with Gasteiger partial charge in [0, 0.05) is 37.3 Å². The second kappa shape index (κ2) is 8.75. The molecule has 0 spiro atoms. The lowest BCUT2D eigenvalue weighted by Gasteiger charge is -2.22. The first kappa shape index (κ1) is 20.2. The van der Waals surface area contributed by atoms with E-state index < -0.39 is 0 Å². The molecule has 6 nitrogen and oxygen atoms in total. The summed E-state index contributed by atoms with van der Waals surface area (Å²) in [5.74, 6) is 0.624. The molecule has 1 aromatic heterocycles. The monoisotopic (exact) mass is 408 g/mol. The van der Waals surface area contributed by atoms with Crippen LogP contribution >= 0.6 is 0 Å². The van der Waals surface area contributed by atoms with E-state index in [4.69, 9.17) is 4.52 Å².